The largest absolute Gasteiger partial charge is 0.461 e. The van der Waals surface area contributed by atoms with E-state index in [4.69, 9.17) is 10.5 Å². The molecule has 0 aromatic rings. The molecule has 0 saturated heterocycles. The first kappa shape index (κ1) is 12.1. The fourth-order valence-corrected chi connectivity index (χ4v) is 2.73. The second kappa shape index (κ2) is 4.99. The normalized spacial score (nSPS) is 15.4. The van der Waals surface area contributed by atoms with Gasteiger partial charge < -0.3 is 10.5 Å². The summed E-state index contributed by atoms with van der Waals surface area (Å²) in [4.78, 5) is 10.7. The summed E-state index contributed by atoms with van der Waals surface area (Å²) in [7, 11) is -0.901. The van der Waals surface area contributed by atoms with Crippen LogP contribution in [0.3, 0.4) is 0 Å². The van der Waals surface area contributed by atoms with Gasteiger partial charge in [-0.05, 0) is 19.4 Å². The van der Waals surface area contributed by atoms with Crippen LogP contribution >= 0.6 is 20.7 Å². The summed E-state index contributed by atoms with van der Waals surface area (Å²) < 4.78 is 4.98. The molecular weight excluding hydrogens is 194 g/mol. The van der Waals surface area contributed by atoms with E-state index in [9.17, 15) is 4.79 Å². The number of rotatable bonds is 4. The predicted octanol–water partition coefficient (Wildman–Crippen LogP) is 0.786. The molecule has 0 heterocycles. The molecule has 0 radical (unpaired) electrons. The molecule has 0 spiro atoms. The minimum atomic E-state index is -0.901. The Morgan fingerprint density at radius 3 is 2.50 bits per heavy atom. The molecule has 74 valence electrons. The summed E-state index contributed by atoms with van der Waals surface area (Å²) in [6, 6.07) is 0. The summed E-state index contributed by atoms with van der Waals surface area (Å²) in [5.74, 6) is 0.460. The Bertz CT molecular complexity index is 156. The van der Waals surface area contributed by atoms with Crippen molar-refractivity contribution in [3.8, 4) is 0 Å². The summed E-state index contributed by atoms with van der Waals surface area (Å²) in [5.41, 5.74) is 5.10. The van der Waals surface area contributed by atoms with Gasteiger partial charge in [0.1, 0.15) is 6.10 Å². The maximum atomic E-state index is 10.7. The number of nitrogens with two attached hydrogens (primary N) is 1. The van der Waals surface area contributed by atoms with Gasteiger partial charge in [0.05, 0.1) is 6.54 Å². The summed E-state index contributed by atoms with van der Waals surface area (Å²) in [5, 5.41) is 0. The van der Waals surface area contributed by atoms with E-state index in [-0.39, 0.29) is 18.6 Å². The standard InChI is InChI=1S/C7H17NO2S2/c1-6(5-12(2,3)11)10-7(9)4-8/h6,11H,4-5,8H2,1-3H3. The molecule has 0 aliphatic heterocycles. The SMILES string of the molecule is CC(CS(C)(C)S)OC(=O)CN. The van der Waals surface area contributed by atoms with Gasteiger partial charge in [0, 0.05) is 5.75 Å². The van der Waals surface area contributed by atoms with E-state index in [1.54, 1.807) is 0 Å². The van der Waals surface area contributed by atoms with Crippen molar-refractivity contribution in [3.05, 3.63) is 0 Å². The number of hydrogen-bond acceptors (Lipinski definition) is 4. The molecule has 0 aromatic heterocycles. The third-order valence-electron chi connectivity index (χ3n) is 1.14. The van der Waals surface area contributed by atoms with Crippen LogP contribution in [0.1, 0.15) is 6.92 Å². The number of hydrogen-bond donors (Lipinski definition) is 2. The highest BCUT2D eigenvalue weighted by Crippen LogP contribution is 2.45. The molecular formula is C7H17NO2S2. The van der Waals surface area contributed by atoms with Gasteiger partial charge in [0.25, 0.3) is 0 Å². The van der Waals surface area contributed by atoms with Crippen LogP contribution in [-0.2, 0) is 9.53 Å². The molecule has 0 aliphatic rings. The number of thiol groups is 1. The second-order valence-corrected chi connectivity index (χ2v) is 9.41. The van der Waals surface area contributed by atoms with E-state index in [1.807, 2.05) is 6.92 Å². The summed E-state index contributed by atoms with van der Waals surface area (Å²) >= 11 is 4.41. The van der Waals surface area contributed by atoms with Gasteiger partial charge in [-0.1, -0.05) is 0 Å². The van der Waals surface area contributed by atoms with Crippen LogP contribution in [0.4, 0.5) is 0 Å². The van der Waals surface area contributed by atoms with E-state index < -0.39 is 9.06 Å². The Kier molecular flexibility index (Phi) is 5.04. The first-order valence-corrected chi connectivity index (χ1v) is 7.35. The molecule has 0 saturated carbocycles. The maximum absolute atomic E-state index is 10.7. The molecule has 2 N–H and O–H groups in total. The van der Waals surface area contributed by atoms with Crippen LogP contribution in [0.2, 0.25) is 0 Å². The van der Waals surface area contributed by atoms with Gasteiger partial charge in [0.2, 0.25) is 0 Å². The lowest BCUT2D eigenvalue weighted by Gasteiger charge is -2.27. The fraction of sp³-hybridized carbons (Fsp3) is 0.857. The highest BCUT2D eigenvalue weighted by molar-refractivity contribution is 8.87. The number of esters is 1. The van der Waals surface area contributed by atoms with Crippen LogP contribution in [0.15, 0.2) is 0 Å². The summed E-state index contributed by atoms with van der Waals surface area (Å²) in [6.07, 6.45) is 4.04. The molecule has 3 nitrogen and oxygen atoms in total. The summed E-state index contributed by atoms with van der Waals surface area (Å²) in [6.45, 7) is 1.81. The van der Waals surface area contributed by atoms with Crippen molar-refractivity contribution < 1.29 is 9.53 Å². The van der Waals surface area contributed by atoms with Crippen LogP contribution in [0.5, 0.6) is 0 Å². The molecule has 0 aliphatic carbocycles. The Labute approximate surface area is 80.2 Å². The number of ether oxygens (including phenoxy) is 1. The molecule has 5 heteroatoms. The topological polar surface area (TPSA) is 52.3 Å². The Balaban J connectivity index is 3.74. The van der Waals surface area contributed by atoms with Crippen LogP contribution in [0.25, 0.3) is 0 Å². The Morgan fingerprint density at radius 2 is 2.17 bits per heavy atom. The van der Waals surface area contributed by atoms with E-state index in [0.717, 1.165) is 5.75 Å². The maximum Gasteiger partial charge on any atom is 0.319 e. The fourth-order valence-electron chi connectivity index (χ4n) is 0.881. The van der Waals surface area contributed by atoms with Crippen molar-refractivity contribution in [3.63, 3.8) is 0 Å². The van der Waals surface area contributed by atoms with Gasteiger partial charge >= 0.3 is 5.97 Å². The van der Waals surface area contributed by atoms with Crippen molar-refractivity contribution in [2.24, 2.45) is 5.73 Å². The Morgan fingerprint density at radius 1 is 1.67 bits per heavy atom. The highest BCUT2D eigenvalue weighted by atomic mass is 33.1. The molecule has 0 fully saturated rings. The number of carbonyl (C=O) groups is 1. The highest BCUT2D eigenvalue weighted by Gasteiger charge is 2.14. The van der Waals surface area contributed by atoms with Gasteiger partial charge in [-0.15, -0.1) is 11.7 Å². The van der Waals surface area contributed by atoms with Crippen LogP contribution < -0.4 is 5.73 Å². The first-order valence-electron chi connectivity index (χ1n) is 3.68. The minimum absolute atomic E-state index is 0.0489. The smallest absolute Gasteiger partial charge is 0.319 e. The molecule has 0 bridgehead atoms. The molecule has 0 rings (SSSR count). The minimum Gasteiger partial charge on any atom is -0.461 e. The first-order chi connectivity index (χ1) is 5.35. The number of carbonyl (C=O) groups excluding carboxylic acids is 1. The van der Waals surface area contributed by atoms with Gasteiger partial charge in [-0.3, -0.25) is 4.79 Å². The van der Waals surface area contributed by atoms with E-state index in [1.165, 1.54) is 0 Å². The lowest BCUT2D eigenvalue weighted by Crippen LogP contribution is -2.25. The quantitative estimate of drug-likeness (QED) is 0.410. The average Bonchev–Trinajstić information content (AvgIpc) is 1.82. The molecule has 12 heavy (non-hydrogen) atoms. The van der Waals surface area contributed by atoms with E-state index >= 15 is 0 Å². The molecule has 0 aromatic carbocycles. The third kappa shape index (κ3) is 6.82. The Hall–Kier alpha value is 0.130. The van der Waals surface area contributed by atoms with Gasteiger partial charge in [-0.2, -0.15) is 9.06 Å². The van der Waals surface area contributed by atoms with Gasteiger partial charge in [-0.25, -0.2) is 0 Å². The molecule has 1 atom stereocenters. The predicted molar refractivity (Wildman–Crippen MR) is 57.9 cm³/mol. The molecule has 1 unspecified atom stereocenters. The van der Waals surface area contributed by atoms with Crippen LogP contribution in [-0.4, -0.2) is 36.9 Å². The van der Waals surface area contributed by atoms with Crippen molar-refractivity contribution in [2.75, 3.05) is 24.8 Å². The average molecular weight is 211 g/mol. The zero-order valence-electron chi connectivity index (χ0n) is 7.74. The monoisotopic (exact) mass is 211 g/mol. The zero-order chi connectivity index (χ0) is 9.78. The lowest BCUT2D eigenvalue weighted by molar-refractivity contribution is -0.145. The van der Waals surface area contributed by atoms with E-state index in [2.05, 4.69) is 24.2 Å². The van der Waals surface area contributed by atoms with E-state index in [0.29, 0.717) is 0 Å². The van der Waals surface area contributed by atoms with Crippen molar-refractivity contribution in [1.82, 2.24) is 0 Å². The third-order valence-corrected chi connectivity index (χ3v) is 2.87. The second-order valence-electron chi connectivity index (χ2n) is 3.15. The van der Waals surface area contributed by atoms with Crippen LogP contribution in [0, 0.1) is 0 Å². The lowest BCUT2D eigenvalue weighted by atomic mass is 10.5. The van der Waals surface area contributed by atoms with Crippen molar-refractivity contribution in [1.29, 1.82) is 0 Å². The van der Waals surface area contributed by atoms with Crippen molar-refractivity contribution >= 4 is 26.7 Å². The zero-order valence-corrected chi connectivity index (χ0v) is 9.45. The van der Waals surface area contributed by atoms with Gasteiger partial charge in [0.15, 0.2) is 0 Å². The molecule has 0 amide bonds. The van der Waals surface area contributed by atoms with Crippen molar-refractivity contribution in [2.45, 2.75) is 13.0 Å².